The van der Waals surface area contributed by atoms with Gasteiger partial charge in [-0.15, -0.1) is 0 Å². The number of aromatic nitrogens is 3. The molecule has 2 rings (SSSR count). The summed E-state index contributed by atoms with van der Waals surface area (Å²) in [5, 5.41) is 3.94. The van der Waals surface area contributed by atoms with Crippen molar-refractivity contribution in [1.29, 1.82) is 0 Å². The predicted octanol–water partition coefficient (Wildman–Crippen LogP) is 1.48. The lowest BCUT2D eigenvalue weighted by molar-refractivity contribution is 0.714. The summed E-state index contributed by atoms with van der Waals surface area (Å²) in [6.07, 6.45) is 2.50. The third kappa shape index (κ3) is 1.90. The maximum Gasteiger partial charge on any atom is 0.351 e. The summed E-state index contributed by atoms with van der Waals surface area (Å²) in [5.74, 6) is 0.291. The van der Waals surface area contributed by atoms with Gasteiger partial charge in [-0.2, -0.15) is 17.7 Å². The van der Waals surface area contributed by atoms with E-state index in [0.717, 1.165) is 12.1 Å². The molecule has 5 heteroatoms. The number of benzene rings is 1. The van der Waals surface area contributed by atoms with Crippen LogP contribution in [0, 0.1) is 0 Å². The lowest BCUT2D eigenvalue weighted by Gasteiger charge is -2.01. The molecular weight excluding hydrogens is 222 g/mol. The van der Waals surface area contributed by atoms with Crippen molar-refractivity contribution in [3.63, 3.8) is 0 Å². The van der Waals surface area contributed by atoms with Crippen LogP contribution in [0.1, 0.15) is 12.5 Å². The standard InChI is InChI=1S/C11H13N3OS/c1-2-9-3-5-10(6-4-9)13-7-12-14(8-16)11(13)15/h3-7,16H,2,8H2,1H3. The van der Waals surface area contributed by atoms with E-state index in [0.29, 0.717) is 5.88 Å². The molecule has 16 heavy (non-hydrogen) atoms. The van der Waals surface area contributed by atoms with Gasteiger partial charge < -0.3 is 0 Å². The van der Waals surface area contributed by atoms with Crippen molar-refractivity contribution >= 4 is 12.6 Å². The monoisotopic (exact) mass is 235 g/mol. The molecule has 0 aliphatic heterocycles. The molecule has 0 atom stereocenters. The Hall–Kier alpha value is -1.49. The second-order valence-electron chi connectivity index (χ2n) is 3.44. The zero-order valence-electron chi connectivity index (χ0n) is 9.00. The first-order chi connectivity index (χ1) is 7.76. The lowest BCUT2D eigenvalue weighted by atomic mass is 10.1. The Labute approximate surface area is 98.9 Å². The number of nitrogens with zero attached hydrogens (tertiary/aromatic N) is 3. The molecule has 1 aromatic heterocycles. The Balaban J connectivity index is 2.42. The molecule has 84 valence electrons. The van der Waals surface area contributed by atoms with Gasteiger partial charge in [0.1, 0.15) is 6.33 Å². The van der Waals surface area contributed by atoms with Gasteiger partial charge in [0.05, 0.1) is 11.6 Å². The maximum atomic E-state index is 11.8. The second-order valence-corrected chi connectivity index (χ2v) is 3.73. The zero-order valence-corrected chi connectivity index (χ0v) is 9.89. The van der Waals surface area contributed by atoms with Crippen LogP contribution in [0.3, 0.4) is 0 Å². The molecule has 0 unspecified atom stereocenters. The molecule has 2 aromatic rings. The first-order valence-corrected chi connectivity index (χ1v) is 5.74. The summed E-state index contributed by atoms with van der Waals surface area (Å²) in [5.41, 5.74) is 1.91. The van der Waals surface area contributed by atoms with Gasteiger partial charge in [-0.3, -0.25) is 0 Å². The van der Waals surface area contributed by atoms with E-state index in [1.165, 1.54) is 21.1 Å². The van der Waals surface area contributed by atoms with E-state index in [1.54, 1.807) is 0 Å². The fourth-order valence-electron chi connectivity index (χ4n) is 1.50. The van der Waals surface area contributed by atoms with Crippen LogP contribution >= 0.6 is 12.6 Å². The highest BCUT2D eigenvalue weighted by Crippen LogP contribution is 2.07. The van der Waals surface area contributed by atoms with E-state index in [4.69, 9.17) is 0 Å². The minimum Gasteiger partial charge on any atom is -0.250 e. The van der Waals surface area contributed by atoms with Crippen LogP contribution in [-0.4, -0.2) is 14.3 Å². The van der Waals surface area contributed by atoms with Crippen molar-refractivity contribution in [2.75, 3.05) is 0 Å². The van der Waals surface area contributed by atoms with Crippen LogP contribution in [0.5, 0.6) is 0 Å². The predicted molar refractivity (Wildman–Crippen MR) is 66.2 cm³/mol. The van der Waals surface area contributed by atoms with Crippen molar-refractivity contribution in [2.45, 2.75) is 19.2 Å². The normalized spacial score (nSPS) is 10.6. The molecule has 0 N–H and O–H groups in total. The van der Waals surface area contributed by atoms with Gasteiger partial charge in [-0.05, 0) is 24.1 Å². The van der Waals surface area contributed by atoms with Crippen molar-refractivity contribution in [2.24, 2.45) is 0 Å². The minimum atomic E-state index is -0.167. The number of hydrogen-bond acceptors (Lipinski definition) is 3. The van der Waals surface area contributed by atoms with Gasteiger partial charge >= 0.3 is 5.69 Å². The largest absolute Gasteiger partial charge is 0.351 e. The second kappa shape index (κ2) is 4.57. The number of thiol groups is 1. The molecule has 0 radical (unpaired) electrons. The fourth-order valence-corrected chi connectivity index (χ4v) is 1.70. The molecule has 0 fully saturated rings. The van der Waals surface area contributed by atoms with E-state index >= 15 is 0 Å². The van der Waals surface area contributed by atoms with Crippen LogP contribution in [0.25, 0.3) is 5.69 Å². The minimum absolute atomic E-state index is 0.167. The Morgan fingerprint density at radius 3 is 2.50 bits per heavy atom. The summed E-state index contributed by atoms with van der Waals surface area (Å²) in [4.78, 5) is 11.8. The van der Waals surface area contributed by atoms with E-state index in [9.17, 15) is 4.79 Å². The Morgan fingerprint density at radius 1 is 1.31 bits per heavy atom. The van der Waals surface area contributed by atoms with Gasteiger partial charge in [0.15, 0.2) is 0 Å². The highest BCUT2D eigenvalue weighted by Gasteiger charge is 2.04. The molecule has 0 saturated heterocycles. The quantitative estimate of drug-likeness (QED) is 0.819. The van der Waals surface area contributed by atoms with E-state index in [-0.39, 0.29) is 5.69 Å². The van der Waals surface area contributed by atoms with Gasteiger partial charge in [0.25, 0.3) is 0 Å². The van der Waals surface area contributed by atoms with Crippen LogP contribution < -0.4 is 5.69 Å². The third-order valence-electron chi connectivity index (χ3n) is 2.49. The summed E-state index contributed by atoms with van der Waals surface area (Å²) in [7, 11) is 0. The van der Waals surface area contributed by atoms with Crippen molar-refractivity contribution < 1.29 is 0 Å². The number of hydrogen-bond donors (Lipinski definition) is 1. The molecule has 0 spiro atoms. The Bertz CT molecular complexity index is 527. The first kappa shape index (κ1) is 11.0. The lowest BCUT2D eigenvalue weighted by Crippen LogP contribution is -2.22. The smallest absolute Gasteiger partial charge is 0.250 e. The Kier molecular flexibility index (Phi) is 3.14. The molecule has 0 aliphatic rings. The molecule has 1 heterocycles. The summed E-state index contributed by atoms with van der Waals surface area (Å²) >= 11 is 4.02. The topological polar surface area (TPSA) is 39.8 Å². The number of aryl methyl sites for hydroxylation is 1. The molecular formula is C11H13N3OS. The van der Waals surface area contributed by atoms with E-state index < -0.39 is 0 Å². The summed E-state index contributed by atoms with van der Waals surface area (Å²) in [6.45, 7) is 2.10. The summed E-state index contributed by atoms with van der Waals surface area (Å²) < 4.78 is 2.81. The fraction of sp³-hybridized carbons (Fsp3) is 0.273. The van der Waals surface area contributed by atoms with Crippen LogP contribution in [0.2, 0.25) is 0 Å². The van der Waals surface area contributed by atoms with Gasteiger partial charge in [0.2, 0.25) is 0 Å². The van der Waals surface area contributed by atoms with Crippen molar-refractivity contribution in [3.8, 4) is 5.69 Å². The van der Waals surface area contributed by atoms with Gasteiger partial charge in [-0.1, -0.05) is 19.1 Å². The van der Waals surface area contributed by atoms with Crippen LogP contribution in [0.4, 0.5) is 0 Å². The van der Waals surface area contributed by atoms with E-state index in [2.05, 4.69) is 24.7 Å². The number of rotatable bonds is 3. The Morgan fingerprint density at radius 2 is 2.00 bits per heavy atom. The zero-order chi connectivity index (χ0) is 11.5. The SMILES string of the molecule is CCc1ccc(-n2cnn(CS)c2=O)cc1. The molecule has 0 aliphatic carbocycles. The highest BCUT2D eigenvalue weighted by molar-refractivity contribution is 7.79. The average Bonchev–Trinajstić information content (AvgIpc) is 2.70. The van der Waals surface area contributed by atoms with Crippen molar-refractivity contribution in [3.05, 3.63) is 46.6 Å². The third-order valence-corrected chi connectivity index (χ3v) is 2.76. The molecule has 4 nitrogen and oxygen atoms in total. The molecule has 0 bridgehead atoms. The van der Waals surface area contributed by atoms with Crippen LogP contribution in [0.15, 0.2) is 35.4 Å². The average molecular weight is 235 g/mol. The van der Waals surface area contributed by atoms with E-state index in [1.807, 2.05) is 24.3 Å². The van der Waals surface area contributed by atoms with Crippen LogP contribution in [-0.2, 0) is 12.3 Å². The molecule has 0 amide bonds. The van der Waals surface area contributed by atoms with Crippen molar-refractivity contribution in [1.82, 2.24) is 14.3 Å². The summed E-state index contributed by atoms with van der Waals surface area (Å²) in [6, 6.07) is 7.87. The maximum absolute atomic E-state index is 11.8. The van der Waals surface area contributed by atoms with Gasteiger partial charge in [0, 0.05) is 0 Å². The first-order valence-electron chi connectivity index (χ1n) is 5.11. The molecule has 1 aromatic carbocycles. The molecule has 0 saturated carbocycles. The highest BCUT2D eigenvalue weighted by atomic mass is 32.1. The van der Waals surface area contributed by atoms with Gasteiger partial charge in [-0.25, -0.2) is 14.0 Å².